The smallest absolute Gasteiger partial charge is 0.312 e. The van der Waals surface area contributed by atoms with Crippen molar-refractivity contribution in [3.8, 4) is 0 Å². The van der Waals surface area contributed by atoms with Crippen molar-refractivity contribution < 1.29 is 38.3 Å². The number of Topliss-reactive ketones (excluding diaryl/α,β-unsaturated/α-hetero) is 1. The number of benzene rings is 1. The second-order valence-electron chi connectivity index (χ2n) is 12.0. The Hall–Kier alpha value is -4.55. The summed E-state index contributed by atoms with van der Waals surface area (Å²) in [5.74, 6) is -2.55. The highest BCUT2D eigenvalue weighted by Crippen LogP contribution is 2.13. The van der Waals surface area contributed by atoms with Gasteiger partial charge < -0.3 is 26.4 Å². The number of imide groups is 1. The highest BCUT2D eigenvalue weighted by Gasteiger charge is 2.29. The summed E-state index contributed by atoms with van der Waals surface area (Å²) in [6.45, 7) is 7.71. The Balaban J connectivity index is 1.95. The average Bonchev–Trinajstić information content (AvgIpc) is 3.32. The molecule has 2 atom stereocenters. The molecule has 0 unspecified atom stereocenters. The summed E-state index contributed by atoms with van der Waals surface area (Å²) in [5.41, 5.74) is 6.63. The fraction of sp³-hybridized carbons (Fsp3) is 0.545. The van der Waals surface area contributed by atoms with Crippen molar-refractivity contribution in [3.05, 3.63) is 47.5 Å². The number of ether oxygens (including phenoxy) is 1. The highest BCUT2D eigenvalue weighted by atomic mass is 16.5. The van der Waals surface area contributed by atoms with Crippen molar-refractivity contribution >= 4 is 41.4 Å². The van der Waals surface area contributed by atoms with Crippen LogP contribution in [-0.4, -0.2) is 71.5 Å². The van der Waals surface area contributed by atoms with Crippen LogP contribution >= 0.6 is 0 Å². The molecule has 0 radical (unpaired) electrons. The molecule has 0 aliphatic carbocycles. The first-order chi connectivity index (χ1) is 21.8. The van der Waals surface area contributed by atoms with Gasteiger partial charge in [-0.25, -0.2) is 4.79 Å². The third-order valence-corrected chi connectivity index (χ3v) is 7.38. The monoisotopic (exact) mass is 641 g/mol. The number of urea groups is 1. The number of nitrogens with one attached hydrogen (secondary N) is 3. The van der Waals surface area contributed by atoms with Crippen molar-refractivity contribution in [2.24, 2.45) is 17.6 Å². The molecule has 0 bridgehead atoms. The predicted molar refractivity (Wildman–Crippen MR) is 170 cm³/mol. The third kappa shape index (κ3) is 13.2. The number of amides is 6. The van der Waals surface area contributed by atoms with Crippen molar-refractivity contribution in [2.75, 3.05) is 13.1 Å². The van der Waals surface area contributed by atoms with E-state index in [4.69, 9.17) is 10.5 Å². The number of primary amides is 1. The third-order valence-electron chi connectivity index (χ3n) is 7.38. The summed E-state index contributed by atoms with van der Waals surface area (Å²) in [6.07, 6.45) is 4.95. The van der Waals surface area contributed by atoms with Crippen molar-refractivity contribution in [3.63, 3.8) is 0 Å². The number of carbonyl (C=O) groups is 7. The molecular formula is C33H47N5O8. The Morgan fingerprint density at radius 3 is 2.07 bits per heavy atom. The molecule has 6 amide bonds. The number of hydrogen-bond donors (Lipinski definition) is 4. The van der Waals surface area contributed by atoms with Gasteiger partial charge in [0.1, 0.15) is 12.6 Å². The van der Waals surface area contributed by atoms with Gasteiger partial charge in [0.15, 0.2) is 5.78 Å². The number of esters is 1. The lowest BCUT2D eigenvalue weighted by atomic mass is 9.97. The van der Waals surface area contributed by atoms with Crippen LogP contribution in [0, 0.1) is 11.8 Å². The van der Waals surface area contributed by atoms with Gasteiger partial charge in [0, 0.05) is 38.1 Å². The van der Waals surface area contributed by atoms with E-state index in [1.165, 1.54) is 12.2 Å². The summed E-state index contributed by atoms with van der Waals surface area (Å²) in [6, 6.07) is 4.62. The molecular weight excluding hydrogens is 594 g/mol. The Morgan fingerprint density at radius 2 is 1.48 bits per heavy atom. The number of unbranched alkanes of at least 4 members (excludes halogenated alkanes) is 2. The summed E-state index contributed by atoms with van der Waals surface area (Å²) in [7, 11) is 0. The van der Waals surface area contributed by atoms with E-state index < -0.39 is 24.0 Å². The first kappa shape index (κ1) is 37.6. The molecule has 0 saturated heterocycles. The molecule has 1 heterocycles. The molecule has 1 aliphatic heterocycles. The van der Waals surface area contributed by atoms with Crippen molar-refractivity contribution in [2.45, 2.75) is 91.3 Å². The topological polar surface area (TPSA) is 194 Å². The van der Waals surface area contributed by atoms with Crippen LogP contribution in [-0.2, 0) is 46.5 Å². The summed E-state index contributed by atoms with van der Waals surface area (Å²) < 4.78 is 5.24. The summed E-state index contributed by atoms with van der Waals surface area (Å²) in [5, 5.41) is 8.05. The SMILES string of the molecule is CC(C)C(=O)OCc1ccc(CC(=O)[C@H](CCCNC(N)=O)NC(=O)[C@@H](NC(=O)CCCCCN2C(=O)C=CC2=O)C(C)C)cc1. The second kappa shape index (κ2) is 19.1. The van der Waals surface area contributed by atoms with Gasteiger partial charge in [-0.05, 0) is 42.7 Å². The second-order valence-corrected chi connectivity index (χ2v) is 12.0. The van der Waals surface area contributed by atoms with Crippen LogP contribution in [0.3, 0.4) is 0 Å². The van der Waals surface area contributed by atoms with Crippen LogP contribution in [0.5, 0.6) is 0 Å². The van der Waals surface area contributed by atoms with E-state index in [-0.39, 0.29) is 80.3 Å². The van der Waals surface area contributed by atoms with Gasteiger partial charge in [0.05, 0.1) is 12.0 Å². The normalized spacial score (nSPS) is 13.9. The van der Waals surface area contributed by atoms with Crippen LogP contribution in [0.1, 0.15) is 77.3 Å². The largest absolute Gasteiger partial charge is 0.461 e. The molecule has 0 saturated carbocycles. The average molecular weight is 642 g/mol. The van der Waals surface area contributed by atoms with Gasteiger partial charge in [-0.2, -0.15) is 0 Å². The molecule has 46 heavy (non-hydrogen) atoms. The van der Waals surface area contributed by atoms with E-state index in [0.29, 0.717) is 31.2 Å². The number of ketones is 1. The minimum atomic E-state index is -0.884. The zero-order chi connectivity index (χ0) is 34.2. The highest BCUT2D eigenvalue weighted by molar-refractivity contribution is 6.12. The van der Waals surface area contributed by atoms with Crippen LogP contribution in [0.2, 0.25) is 0 Å². The van der Waals surface area contributed by atoms with E-state index >= 15 is 0 Å². The molecule has 2 rings (SSSR count). The quantitative estimate of drug-likeness (QED) is 0.0943. The first-order valence-corrected chi connectivity index (χ1v) is 15.7. The van der Waals surface area contributed by atoms with Crippen LogP contribution in [0.15, 0.2) is 36.4 Å². The van der Waals surface area contributed by atoms with Crippen LogP contribution in [0.25, 0.3) is 0 Å². The molecule has 0 spiro atoms. The molecule has 13 heteroatoms. The van der Waals surface area contributed by atoms with Gasteiger partial charge in [0.2, 0.25) is 11.8 Å². The lowest BCUT2D eigenvalue weighted by molar-refractivity contribution is -0.148. The zero-order valence-electron chi connectivity index (χ0n) is 27.1. The van der Waals surface area contributed by atoms with Gasteiger partial charge in [-0.15, -0.1) is 0 Å². The lowest BCUT2D eigenvalue weighted by Crippen LogP contribution is -2.54. The van der Waals surface area contributed by atoms with Gasteiger partial charge in [-0.1, -0.05) is 58.4 Å². The minimum Gasteiger partial charge on any atom is -0.461 e. The molecule has 5 N–H and O–H groups in total. The maximum atomic E-state index is 13.4. The molecule has 0 fully saturated rings. The van der Waals surface area contributed by atoms with E-state index in [9.17, 15) is 33.6 Å². The van der Waals surface area contributed by atoms with Crippen molar-refractivity contribution in [1.82, 2.24) is 20.9 Å². The zero-order valence-corrected chi connectivity index (χ0v) is 27.1. The van der Waals surface area contributed by atoms with Crippen LogP contribution in [0.4, 0.5) is 4.79 Å². The van der Waals surface area contributed by atoms with Crippen molar-refractivity contribution in [1.29, 1.82) is 0 Å². The Labute approximate surface area is 270 Å². The van der Waals surface area contributed by atoms with E-state index in [2.05, 4.69) is 16.0 Å². The van der Waals surface area contributed by atoms with Gasteiger partial charge in [0.25, 0.3) is 11.8 Å². The molecule has 13 nitrogen and oxygen atoms in total. The maximum Gasteiger partial charge on any atom is 0.312 e. The first-order valence-electron chi connectivity index (χ1n) is 15.7. The Kier molecular flexibility index (Phi) is 15.6. The molecule has 0 aromatic heterocycles. The standard InChI is InChI=1S/C33H47N5O8/c1-21(2)30(37-27(40)10-6-5-7-18-38-28(41)15-16-29(38)42)31(43)36-25(9-8-17-35-33(34)45)26(39)19-23-11-13-24(14-12-23)20-46-32(44)22(3)4/h11-16,21-22,25,30H,5-10,17-20H2,1-4H3,(H,36,43)(H,37,40)(H3,34,35,45)/t25-,30-/m0/s1. The fourth-order valence-electron chi connectivity index (χ4n) is 4.66. The maximum absolute atomic E-state index is 13.4. The Morgan fingerprint density at radius 1 is 0.848 bits per heavy atom. The number of carbonyl (C=O) groups excluding carboxylic acids is 7. The van der Waals surface area contributed by atoms with Gasteiger partial charge >= 0.3 is 12.0 Å². The Bertz CT molecular complexity index is 1260. The van der Waals surface area contributed by atoms with Crippen LogP contribution < -0.4 is 21.7 Å². The molecule has 252 valence electrons. The minimum absolute atomic E-state index is 0.0314. The molecule has 1 aliphatic rings. The number of rotatable bonds is 20. The van der Waals surface area contributed by atoms with E-state index in [1.807, 2.05) is 0 Å². The lowest BCUT2D eigenvalue weighted by Gasteiger charge is -2.25. The summed E-state index contributed by atoms with van der Waals surface area (Å²) >= 11 is 0. The number of hydrogen-bond acceptors (Lipinski definition) is 8. The number of nitrogens with two attached hydrogens (primary N) is 1. The molecule has 1 aromatic carbocycles. The number of nitrogens with zero attached hydrogens (tertiary/aromatic N) is 1. The predicted octanol–water partition coefficient (Wildman–Crippen LogP) is 2.06. The molecule has 1 aromatic rings. The fourth-order valence-corrected chi connectivity index (χ4v) is 4.66. The van der Waals surface area contributed by atoms with E-state index in [1.54, 1.807) is 52.0 Å². The van der Waals surface area contributed by atoms with E-state index in [0.717, 1.165) is 10.5 Å². The summed E-state index contributed by atoms with van der Waals surface area (Å²) in [4.78, 5) is 86.7. The van der Waals surface area contributed by atoms with Gasteiger partial charge in [-0.3, -0.25) is 33.7 Å².